The predicted molar refractivity (Wildman–Crippen MR) is 41.2 cm³/mol. The Kier molecular flexibility index (Phi) is 2.59. The summed E-state index contributed by atoms with van der Waals surface area (Å²) in [5, 5.41) is 17.0. The first-order chi connectivity index (χ1) is 6.09. The third kappa shape index (κ3) is 2.55. The summed E-state index contributed by atoms with van der Waals surface area (Å²) in [6.45, 7) is -0.235. The maximum absolute atomic E-state index is 10.5. The average Bonchev–Trinajstić information content (AvgIpc) is 2.03. The highest BCUT2D eigenvalue weighted by Crippen LogP contribution is 1.92. The summed E-state index contributed by atoms with van der Waals surface area (Å²) in [7, 11) is 0. The largest absolute Gasteiger partial charge is 0.477 e. The van der Waals surface area contributed by atoms with Crippen molar-refractivity contribution in [1.82, 2.24) is 0 Å². The minimum atomic E-state index is -1.07. The zero-order valence-corrected chi connectivity index (χ0v) is 6.67. The Bertz CT molecular complexity index is 348. The van der Waals surface area contributed by atoms with E-state index in [2.05, 4.69) is 0 Å². The normalized spacial score (nSPS) is 9.54. The molecule has 0 aliphatic heterocycles. The van der Waals surface area contributed by atoms with Gasteiger partial charge in [-0.1, -0.05) is 0 Å². The van der Waals surface area contributed by atoms with Crippen LogP contribution in [-0.2, 0) is 11.3 Å². The van der Waals surface area contributed by atoms with Gasteiger partial charge in [0.25, 0.3) is 0 Å². The number of nitrogens with zero attached hydrogens (tertiary/aromatic N) is 1. The van der Waals surface area contributed by atoms with Gasteiger partial charge in [0.15, 0.2) is 12.4 Å². The van der Waals surface area contributed by atoms with Crippen LogP contribution in [0.3, 0.4) is 0 Å². The van der Waals surface area contributed by atoms with Crippen molar-refractivity contribution in [3.8, 4) is 0 Å². The summed E-state index contributed by atoms with van der Waals surface area (Å²) in [6, 6.07) is 2.90. The summed E-state index contributed by atoms with van der Waals surface area (Å²) in [6.07, 6.45) is 2.77. The van der Waals surface area contributed by atoms with Gasteiger partial charge < -0.3 is 10.2 Å². The molecule has 0 saturated carbocycles. The van der Waals surface area contributed by atoms with Crippen molar-refractivity contribution in [3.63, 3.8) is 0 Å². The smallest absolute Gasteiger partial charge is 0.370 e. The Balaban J connectivity index is 2.91. The molecule has 0 aromatic carbocycles. The maximum atomic E-state index is 10.5. The van der Waals surface area contributed by atoms with E-state index in [9.17, 15) is 9.59 Å². The molecule has 0 amide bonds. The highest BCUT2D eigenvalue weighted by Gasteiger charge is 2.10. The maximum Gasteiger partial charge on any atom is 0.370 e. The molecule has 0 atom stereocenters. The molecular weight excluding hydrogens is 174 g/mol. The van der Waals surface area contributed by atoms with Gasteiger partial charge in [-0.15, -0.1) is 0 Å². The van der Waals surface area contributed by atoms with E-state index in [1.54, 1.807) is 0 Å². The molecule has 1 aromatic rings. The number of carboxylic acids is 2. The van der Waals surface area contributed by atoms with Gasteiger partial charge in [0.1, 0.15) is 5.56 Å². The van der Waals surface area contributed by atoms with Gasteiger partial charge in [-0.05, 0) is 6.07 Å². The van der Waals surface area contributed by atoms with Crippen molar-refractivity contribution in [2.24, 2.45) is 0 Å². The van der Waals surface area contributed by atoms with Gasteiger partial charge in [-0.3, -0.25) is 0 Å². The van der Waals surface area contributed by atoms with Crippen LogP contribution in [0.4, 0.5) is 0 Å². The Hall–Kier alpha value is -1.91. The third-order valence-corrected chi connectivity index (χ3v) is 1.42. The fraction of sp³-hybridized carbons (Fsp3) is 0.125. The zero-order chi connectivity index (χ0) is 9.84. The van der Waals surface area contributed by atoms with Crippen LogP contribution in [0.5, 0.6) is 0 Å². The van der Waals surface area contributed by atoms with E-state index < -0.39 is 11.9 Å². The summed E-state index contributed by atoms with van der Waals surface area (Å²) >= 11 is 0. The Morgan fingerprint density at radius 1 is 1.38 bits per heavy atom. The number of pyridine rings is 1. The van der Waals surface area contributed by atoms with Crippen LogP contribution in [0.15, 0.2) is 24.5 Å². The van der Waals surface area contributed by atoms with Gasteiger partial charge >= 0.3 is 11.9 Å². The molecule has 13 heavy (non-hydrogen) atoms. The molecule has 0 saturated heterocycles. The first-order valence-corrected chi connectivity index (χ1v) is 3.54. The molecular formula is C8H8NO4+. The lowest BCUT2D eigenvalue weighted by Crippen LogP contribution is -2.37. The Labute approximate surface area is 73.9 Å². The van der Waals surface area contributed by atoms with Crippen LogP contribution in [-0.4, -0.2) is 22.2 Å². The molecule has 5 heteroatoms. The van der Waals surface area contributed by atoms with E-state index >= 15 is 0 Å². The highest BCUT2D eigenvalue weighted by molar-refractivity contribution is 5.86. The molecule has 0 aliphatic rings. The van der Waals surface area contributed by atoms with Crippen molar-refractivity contribution in [3.05, 3.63) is 30.1 Å². The Morgan fingerprint density at radius 3 is 2.62 bits per heavy atom. The van der Waals surface area contributed by atoms with E-state index in [1.807, 2.05) is 0 Å². The van der Waals surface area contributed by atoms with E-state index in [0.29, 0.717) is 0 Å². The highest BCUT2D eigenvalue weighted by atomic mass is 16.4. The molecule has 0 aliphatic carbocycles. The number of carbonyl (C=O) groups is 2. The molecule has 2 N–H and O–H groups in total. The summed E-state index contributed by atoms with van der Waals surface area (Å²) < 4.78 is 1.30. The molecule has 1 rings (SSSR count). The number of hydrogen-bond acceptors (Lipinski definition) is 2. The van der Waals surface area contributed by atoms with Crippen LogP contribution in [0.1, 0.15) is 10.4 Å². The number of carboxylic acid groups (broad SMARTS) is 2. The second kappa shape index (κ2) is 3.66. The van der Waals surface area contributed by atoms with Crippen molar-refractivity contribution in [2.45, 2.75) is 6.54 Å². The minimum Gasteiger partial charge on any atom is -0.477 e. The summed E-state index contributed by atoms with van der Waals surface area (Å²) in [4.78, 5) is 20.8. The SMILES string of the molecule is O=C(O)C[n+]1cccc(C(=O)O)c1. The molecule has 0 bridgehead atoms. The third-order valence-electron chi connectivity index (χ3n) is 1.42. The fourth-order valence-corrected chi connectivity index (χ4v) is 0.903. The van der Waals surface area contributed by atoms with Crippen LogP contribution in [0, 0.1) is 0 Å². The average molecular weight is 182 g/mol. The fourth-order valence-electron chi connectivity index (χ4n) is 0.903. The first-order valence-electron chi connectivity index (χ1n) is 3.54. The van der Waals surface area contributed by atoms with Gasteiger partial charge in [0.2, 0.25) is 6.54 Å². The van der Waals surface area contributed by atoms with Gasteiger partial charge in [0, 0.05) is 6.07 Å². The molecule has 1 aromatic heterocycles. The van der Waals surface area contributed by atoms with Gasteiger partial charge in [-0.2, -0.15) is 4.57 Å². The van der Waals surface area contributed by atoms with E-state index in [1.165, 1.54) is 29.1 Å². The second-order valence-electron chi connectivity index (χ2n) is 2.46. The zero-order valence-electron chi connectivity index (χ0n) is 6.67. The number of rotatable bonds is 3. The van der Waals surface area contributed by atoms with Crippen LogP contribution in [0.2, 0.25) is 0 Å². The summed E-state index contributed by atoms with van der Waals surface area (Å²) in [5.74, 6) is -2.08. The lowest BCUT2D eigenvalue weighted by Gasteiger charge is -1.93. The van der Waals surface area contributed by atoms with Crippen molar-refractivity contribution in [1.29, 1.82) is 0 Å². The van der Waals surface area contributed by atoms with Crippen LogP contribution >= 0.6 is 0 Å². The lowest BCUT2D eigenvalue weighted by molar-refractivity contribution is -0.685. The molecule has 0 fully saturated rings. The number of aromatic nitrogens is 1. The monoisotopic (exact) mass is 182 g/mol. The number of hydrogen-bond donors (Lipinski definition) is 2. The quantitative estimate of drug-likeness (QED) is 0.632. The van der Waals surface area contributed by atoms with Gasteiger partial charge in [0.05, 0.1) is 0 Å². The van der Waals surface area contributed by atoms with Crippen LogP contribution < -0.4 is 4.57 Å². The van der Waals surface area contributed by atoms with Crippen molar-refractivity contribution < 1.29 is 24.4 Å². The van der Waals surface area contributed by atoms with Crippen molar-refractivity contribution in [2.75, 3.05) is 0 Å². The Morgan fingerprint density at radius 2 is 2.08 bits per heavy atom. The molecule has 68 valence electrons. The molecule has 0 unspecified atom stereocenters. The molecule has 0 spiro atoms. The van der Waals surface area contributed by atoms with E-state index in [4.69, 9.17) is 10.2 Å². The molecule has 5 nitrogen and oxygen atoms in total. The second-order valence-corrected chi connectivity index (χ2v) is 2.46. The summed E-state index contributed by atoms with van der Waals surface area (Å²) in [5.41, 5.74) is 0.0729. The van der Waals surface area contributed by atoms with Gasteiger partial charge in [-0.25, -0.2) is 9.59 Å². The number of aliphatic carboxylic acids is 1. The predicted octanol–water partition coefficient (Wildman–Crippen LogP) is -0.243. The van der Waals surface area contributed by atoms with E-state index in [-0.39, 0.29) is 12.1 Å². The lowest BCUT2D eigenvalue weighted by atomic mass is 10.3. The van der Waals surface area contributed by atoms with E-state index in [0.717, 1.165) is 0 Å². The number of aromatic carboxylic acids is 1. The standard InChI is InChI=1S/C8H7NO4/c10-7(11)5-9-3-1-2-6(4-9)8(12)13/h1-4H,5H2,(H-,10,11,12,13)/p+1. The van der Waals surface area contributed by atoms with Crippen molar-refractivity contribution >= 4 is 11.9 Å². The topological polar surface area (TPSA) is 78.5 Å². The molecule has 1 heterocycles. The molecule has 0 radical (unpaired) electrons. The van der Waals surface area contributed by atoms with Crippen LogP contribution in [0.25, 0.3) is 0 Å². The minimum absolute atomic E-state index is 0.0729. The first kappa shape index (κ1) is 9.18.